The minimum absolute atomic E-state index is 0.0519. The van der Waals surface area contributed by atoms with E-state index in [1.807, 2.05) is 24.1 Å². The van der Waals surface area contributed by atoms with Crippen molar-refractivity contribution in [3.8, 4) is 5.75 Å². The third-order valence-corrected chi connectivity index (χ3v) is 3.89. The first-order valence-corrected chi connectivity index (χ1v) is 7.55. The minimum atomic E-state index is -4.40. The van der Waals surface area contributed by atoms with Crippen molar-refractivity contribution < 1.29 is 17.9 Å². The molecule has 0 amide bonds. The van der Waals surface area contributed by atoms with Gasteiger partial charge in [0.15, 0.2) is 5.84 Å². The van der Waals surface area contributed by atoms with E-state index in [2.05, 4.69) is 10.5 Å². The predicted octanol–water partition coefficient (Wildman–Crippen LogP) is 3.21. The second-order valence-corrected chi connectivity index (χ2v) is 5.65. The zero-order valence-corrected chi connectivity index (χ0v) is 13.4. The number of amidine groups is 1. The topological polar surface area (TPSA) is 62.9 Å². The van der Waals surface area contributed by atoms with Crippen LogP contribution in [0, 0.1) is 0 Å². The highest BCUT2D eigenvalue weighted by Crippen LogP contribution is 2.31. The van der Waals surface area contributed by atoms with Gasteiger partial charge in [0.25, 0.3) is 0 Å². The molecule has 0 saturated heterocycles. The van der Waals surface area contributed by atoms with Crippen LogP contribution in [0.15, 0.2) is 53.6 Å². The maximum Gasteiger partial charge on any atom is 0.416 e. The molecule has 3 N–H and O–H groups in total. The number of hydrogen-bond donors (Lipinski definition) is 2. The highest BCUT2D eigenvalue weighted by Gasteiger charge is 2.31. The fourth-order valence-corrected chi connectivity index (χ4v) is 2.47. The van der Waals surface area contributed by atoms with Gasteiger partial charge >= 0.3 is 6.18 Å². The SMILES string of the molecule is CN1C(COc2cccc(C(F)(F)F)c2)=NNC1c1ccc(N)cc1. The van der Waals surface area contributed by atoms with Crippen LogP contribution in [0.5, 0.6) is 5.75 Å². The Morgan fingerprint density at radius 3 is 2.60 bits per heavy atom. The fraction of sp³-hybridized carbons (Fsp3) is 0.235. The smallest absolute Gasteiger partial charge is 0.416 e. The van der Waals surface area contributed by atoms with Crippen LogP contribution < -0.4 is 15.9 Å². The fourth-order valence-electron chi connectivity index (χ4n) is 2.47. The number of ether oxygens (including phenoxy) is 1. The molecule has 5 nitrogen and oxygen atoms in total. The van der Waals surface area contributed by atoms with Crippen molar-refractivity contribution in [3.05, 3.63) is 59.7 Å². The lowest BCUT2D eigenvalue weighted by Crippen LogP contribution is -2.32. The zero-order chi connectivity index (χ0) is 18.0. The van der Waals surface area contributed by atoms with Gasteiger partial charge < -0.3 is 15.4 Å². The Hall–Kier alpha value is -2.90. The van der Waals surface area contributed by atoms with Gasteiger partial charge in [0, 0.05) is 12.7 Å². The van der Waals surface area contributed by atoms with Crippen LogP contribution in [0.25, 0.3) is 0 Å². The molecule has 0 aromatic heterocycles. The Morgan fingerprint density at radius 1 is 1.20 bits per heavy atom. The quantitative estimate of drug-likeness (QED) is 0.831. The number of nitrogen functional groups attached to an aromatic ring is 1. The van der Waals surface area contributed by atoms with E-state index >= 15 is 0 Å². The Balaban J connectivity index is 1.64. The number of hydrazone groups is 1. The minimum Gasteiger partial charge on any atom is -0.486 e. The third kappa shape index (κ3) is 3.78. The van der Waals surface area contributed by atoms with Crippen molar-refractivity contribution >= 4 is 11.5 Å². The average molecular weight is 350 g/mol. The summed E-state index contributed by atoms with van der Waals surface area (Å²) in [5.41, 5.74) is 9.54. The van der Waals surface area contributed by atoms with E-state index in [0.29, 0.717) is 11.5 Å². The first-order chi connectivity index (χ1) is 11.8. The lowest BCUT2D eigenvalue weighted by Gasteiger charge is -2.23. The molecule has 0 radical (unpaired) electrons. The molecule has 3 rings (SSSR count). The van der Waals surface area contributed by atoms with E-state index in [9.17, 15) is 13.2 Å². The number of likely N-dealkylation sites (N-methyl/N-ethyl adjacent to an activating group) is 1. The summed E-state index contributed by atoms with van der Waals surface area (Å²) in [6.07, 6.45) is -4.58. The summed E-state index contributed by atoms with van der Waals surface area (Å²) in [5.74, 6) is 0.723. The van der Waals surface area contributed by atoms with Gasteiger partial charge in [-0.1, -0.05) is 18.2 Å². The van der Waals surface area contributed by atoms with Crippen molar-refractivity contribution in [2.75, 3.05) is 19.4 Å². The number of hydrogen-bond acceptors (Lipinski definition) is 5. The molecule has 132 valence electrons. The van der Waals surface area contributed by atoms with Crippen LogP contribution in [-0.2, 0) is 6.18 Å². The van der Waals surface area contributed by atoms with Crippen molar-refractivity contribution in [2.45, 2.75) is 12.3 Å². The molecule has 1 unspecified atom stereocenters. The summed E-state index contributed by atoms with van der Waals surface area (Å²) in [6, 6.07) is 12.1. The normalized spacial score (nSPS) is 17.2. The van der Waals surface area contributed by atoms with E-state index in [-0.39, 0.29) is 18.5 Å². The number of benzene rings is 2. The molecule has 25 heavy (non-hydrogen) atoms. The molecular formula is C17H17F3N4O. The molecule has 1 aliphatic rings. The maximum atomic E-state index is 12.7. The average Bonchev–Trinajstić information content (AvgIpc) is 2.94. The first-order valence-electron chi connectivity index (χ1n) is 7.55. The van der Waals surface area contributed by atoms with Gasteiger partial charge in [-0.15, -0.1) is 0 Å². The molecule has 2 aromatic rings. The van der Waals surface area contributed by atoms with Gasteiger partial charge in [0.1, 0.15) is 18.5 Å². The van der Waals surface area contributed by atoms with E-state index in [1.54, 1.807) is 12.1 Å². The number of anilines is 1. The maximum absolute atomic E-state index is 12.7. The molecule has 1 aliphatic heterocycles. The number of rotatable bonds is 4. The first kappa shape index (κ1) is 16.9. The van der Waals surface area contributed by atoms with E-state index in [0.717, 1.165) is 17.7 Å². The van der Waals surface area contributed by atoms with Crippen LogP contribution >= 0.6 is 0 Å². The summed E-state index contributed by atoms with van der Waals surface area (Å²) in [5, 5.41) is 4.20. The highest BCUT2D eigenvalue weighted by atomic mass is 19.4. The van der Waals surface area contributed by atoms with Gasteiger partial charge in [-0.25, -0.2) is 0 Å². The number of nitrogens with two attached hydrogens (primary N) is 1. The summed E-state index contributed by atoms with van der Waals surface area (Å²) in [6.45, 7) is 0.0519. The van der Waals surface area contributed by atoms with Crippen LogP contribution in [0.1, 0.15) is 17.3 Å². The monoisotopic (exact) mass is 350 g/mol. The van der Waals surface area contributed by atoms with Gasteiger partial charge in [0.05, 0.1) is 5.56 Å². The molecule has 0 aliphatic carbocycles. The van der Waals surface area contributed by atoms with Crippen molar-refractivity contribution in [1.29, 1.82) is 0 Å². The molecular weight excluding hydrogens is 333 g/mol. The van der Waals surface area contributed by atoms with Crippen LogP contribution in [-0.4, -0.2) is 24.4 Å². The van der Waals surface area contributed by atoms with Crippen LogP contribution in [0.2, 0.25) is 0 Å². The van der Waals surface area contributed by atoms with Gasteiger partial charge in [0.2, 0.25) is 0 Å². The number of nitrogens with zero attached hydrogens (tertiary/aromatic N) is 2. The second-order valence-electron chi connectivity index (χ2n) is 5.65. The Labute approximate surface area is 142 Å². The molecule has 0 bridgehead atoms. The zero-order valence-electron chi connectivity index (χ0n) is 13.4. The Bertz CT molecular complexity index is 774. The second kappa shape index (κ2) is 6.54. The van der Waals surface area contributed by atoms with Gasteiger partial charge in [-0.05, 0) is 35.9 Å². The predicted molar refractivity (Wildman–Crippen MR) is 88.9 cm³/mol. The summed E-state index contributed by atoms with van der Waals surface area (Å²) in [4.78, 5) is 1.86. The summed E-state index contributed by atoms with van der Waals surface area (Å²) in [7, 11) is 1.83. The Kier molecular flexibility index (Phi) is 4.43. The van der Waals surface area contributed by atoms with Crippen molar-refractivity contribution in [3.63, 3.8) is 0 Å². The van der Waals surface area contributed by atoms with Crippen LogP contribution in [0.4, 0.5) is 18.9 Å². The van der Waals surface area contributed by atoms with Crippen molar-refractivity contribution in [1.82, 2.24) is 10.3 Å². The molecule has 0 spiro atoms. The Morgan fingerprint density at radius 2 is 1.92 bits per heavy atom. The van der Waals surface area contributed by atoms with Gasteiger partial charge in [-0.2, -0.15) is 18.3 Å². The van der Waals surface area contributed by atoms with Gasteiger partial charge in [-0.3, -0.25) is 5.43 Å². The standard InChI is InChI=1S/C17H17F3N4O/c1-24-15(22-23-16(24)11-5-7-13(21)8-6-11)10-25-14-4-2-3-12(9-14)17(18,19)20/h2-9,16,23H,10,21H2,1H3. The summed E-state index contributed by atoms with van der Waals surface area (Å²) < 4.78 is 43.7. The van der Waals surface area contributed by atoms with E-state index < -0.39 is 11.7 Å². The molecule has 1 heterocycles. The van der Waals surface area contributed by atoms with Crippen molar-refractivity contribution in [2.24, 2.45) is 5.10 Å². The van der Waals surface area contributed by atoms with Crippen LogP contribution in [0.3, 0.4) is 0 Å². The third-order valence-electron chi connectivity index (χ3n) is 3.89. The largest absolute Gasteiger partial charge is 0.486 e. The van der Waals surface area contributed by atoms with E-state index in [1.165, 1.54) is 12.1 Å². The number of halogens is 3. The molecule has 8 heteroatoms. The number of alkyl halides is 3. The molecule has 0 fully saturated rings. The molecule has 1 atom stereocenters. The summed E-state index contributed by atoms with van der Waals surface area (Å²) >= 11 is 0. The molecule has 2 aromatic carbocycles. The molecule has 0 saturated carbocycles. The van der Waals surface area contributed by atoms with E-state index in [4.69, 9.17) is 10.5 Å². The highest BCUT2D eigenvalue weighted by molar-refractivity contribution is 5.85. The lowest BCUT2D eigenvalue weighted by molar-refractivity contribution is -0.137. The number of nitrogens with one attached hydrogen (secondary N) is 1. The lowest BCUT2D eigenvalue weighted by atomic mass is 10.1.